The molecule has 0 spiro atoms. The lowest BCUT2D eigenvalue weighted by Crippen LogP contribution is -2.40. The van der Waals surface area contributed by atoms with E-state index in [1.165, 1.54) is 5.56 Å². The van der Waals surface area contributed by atoms with Crippen LogP contribution in [0.2, 0.25) is 0 Å². The number of aromatic nitrogens is 3. The van der Waals surface area contributed by atoms with Crippen molar-refractivity contribution >= 4 is 5.91 Å². The molecule has 128 valence electrons. The Kier molecular flexibility index (Phi) is 5.25. The van der Waals surface area contributed by atoms with Gasteiger partial charge < -0.3 is 10.1 Å². The highest BCUT2D eigenvalue weighted by Gasteiger charge is 2.29. The van der Waals surface area contributed by atoms with Crippen molar-refractivity contribution in [1.29, 1.82) is 0 Å². The predicted molar refractivity (Wildman–Crippen MR) is 90.6 cm³/mol. The number of hydrogen-bond donors (Lipinski definition) is 2. The van der Waals surface area contributed by atoms with E-state index < -0.39 is 0 Å². The Morgan fingerprint density at radius 2 is 2.12 bits per heavy atom. The first-order chi connectivity index (χ1) is 11.6. The molecule has 0 saturated carbocycles. The molecule has 2 N–H and O–H groups in total. The van der Waals surface area contributed by atoms with E-state index in [4.69, 9.17) is 4.74 Å². The molecular formula is C18H24N4O2. The van der Waals surface area contributed by atoms with Crippen molar-refractivity contribution in [2.75, 3.05) is 13.2 Å². The van der Waals surface area contributed by atoms with Crippen molar-refractivity contribution in [2.45, 2.75) is 39.2 Å². The highest BCUT2D eigenvalue weighted by atomic mass is 16.5. The lowest BCUT2D eigenvalue weighted by Gasteiger charge is -2.19. The van der Waals surface area contributed by atoms with Crippen LogP contribution in [0.5, 0.6) is 0 Å². The summed E-state index contributed by atoms with van der Waals surface area (Å²) in [5, 5.41) is 10.3. The van der Waals surface area contributed by atoms with Crippen molar-refractivity contribution in [2.24, 2.45) is 5.92 Å². The van der Waals surface area contributed by atoms with Crippen LogP contribution in [0.3, 0.4) is 0 Å². The van der Waals surface area contributed by atoms with Gasteiger partial charge in [-0.2, -0.15) is 5.10 Å². The molecule has 1 amide bonds. The molecule has 1 saturated heterocycles. The summed E-state index contributed by atoms with van der Waals surface area (Å²) >= 11 is 0. The van der Waals surface area contributed by atoms with Gasteiger partial charge in [0.2, 0.25) is 5.91 Å². The molecule has 6 nitrogen and oxygen atoms in total. The molecule has 0 radical (unpaired) electrons. The Morgan fingerprint density at radius 3 is 2.83 bits per heavy atom. The summed E-state index contributed by atoms with van der Waals surface area (Å²) in [5.74, 6) is 0.388. The number of ether oxygens (including phenoxy) is 1. The van der Waals surface area contributed by atoms with E-state index in [1.54, 1.807) is 12.4 Å². The van der Waals surface area contributed by atoms with Gasteiger partial charge in [-0.3, -0.25) is 14.9 Å². The number of pyridine rings is 1. The molecule has 2 aromatic rings. The smallest absolute Gasteiger partial charge is 0.220 e. The Balaban J connectivity index is 1.51. The maximum Gasteiger partial charge on any atom is 0.220 e. The van der Waals surface area contributed by atoms with E-state index in [0.717, 1.165) is 23.4 Å². The van der Waals surface area contributed by atoms with Crippen LogP contribution in [0.4, 0.5) is 0 Å². The first-order valence-corrected chi connectivity index (χ1v) is 8.40. The van der Waals surface area contributed by atoms with Gasteiger partial charge in [-0.1, -0.05) is 0 Å². The van der Waals surface area contributed by atoms with Gasteiger partial charge in [0.25, 0.3) is 0 Å². The lowest BCUT2D eigenvalue weighted by molar-refractivity contribution is -0.122. The normalized spacial score (nSPS) is 20.2. The van der Waals surface area contributed by atoms with Crippen LogP contribution in [-0.2, 0) is 22.4 Å². The topological polar surface area (TPSA) is 79.9 Å². The SMILES string of the molecule is Cc1n[nH]c(C)c1CCC(=O)N[C@H]1COC[C@H]1Cc1ccncc1. The quantitative estimate of drug-likeness (QED) is 0.846. The number of nitrogens with one attached hydrogen (secondary N) is 2. The summed E-state index contributed by atoms with van der Waals surface area (Å²) in [6.07, 6.45) is 5.68. The number of carbonyl (C=O) groups is 1. The second-order valence-corrected chi connectivity index (χ2v) is 6.44. The maximum absolute atomic E-state index is 12.3. The molecule has 3 heterocycles. The average Bonchev–Trinajstić information content (AvgIpc) is 3.13. The van der Waals surface area contributed by atoms with Crippen LogP contribution < -0.4 is 5.32 Å². The summed E-state index contributed by atoms with van der Waals surface area (Å²) in [6.45, 7) is 5.23. The van der Waals surface area contributed by atoms with E-state index in [0.29, 0.717) is 32.0 Å². The van der Waals surface area contributed by atoms with Crippen molar-refractivity contribution in [1.82, 2.24) is 20.5 Å². The third-order valence-electron chi connectivity index (χ3n) is 4.67. The molecule has 1 aliphatic heterocycles. The number of nitrogens with zero attached hydrogens (tertiary/aromatic N) is 2. The van der Waals surface area contributed by atoms with Gasteiger partial charge in [0.15, 0.2) is 0 Å². The van der Waals surface area contributed by atoms with Gasteiger partial charge in [0.1, 0.15) is 0 Å². The Bertz CT molecular complexity index is 664. The van der Waals surface area contributed by atoms with E-state index in [2.05, 4.69) is 20.5 Å². The molecule has 0 aromatic carbocycles. The molecule has 1 fully saturated rings. The third kappa shape index (κ3) is 4.00. The molecule has 2 atom stereocenters. The maximum atomic E-state index is 12.3. The van der Waals surface area contributed by atoms with Crippen molar-refractivity contribution in [3.63, 3.8) is 0 Å². The predicted octanol–water partition coefficient (Wildman–Crippen LogP) is 1.73. The number of aromatic amines is 1. The van der Waals surface area contributed by atoms with Gasteiger partial charge in [-0.25, -0.2) is 0 Å². The van der Waals surface area contributed by atoms with Crippen LogP contribution in [0.25, 0.3) is 0 Å². The fourth-order valence-electron chi connectivity index (χ4n) is 3.24. The molecule has 0 aliphatic carbocycles. The highest BCUT2D eigenvalue weighted by molar-refractivity contribution is 5.76. The summed E-state index contributed by atoms with van der Waals surface area (Å²) < 4.78 is 5.59. The van der Waals surface area contributed by atoms with Crippen LogP contribution in [0, 0.1) is 19.8 Å². The minimum atomic E-state index is 0.0743. The lowest BCUT2D eigenvalue weighted by atomic mass is 9.95. The van der Waals surface area contributed by atoms with Crippen LogP contribution in [0.1, 0.15) is 28.9 Å². The minimum absolute atomic E-state index is 0.0743. The molecule has 3 rings (SSSR count). The van der Waals surface area contributed by atoms with Crippen molar-refractivity contribution in [3.8, 4) is 0 Å². The fraction of sp³-hybridized carbons (Fsp3) is 0.500. The van der Waals surface area contributed by atoms with Gasteiger partial charge in [0.05, 0.1) is 24.9 Å². The molecule has 0 unspecified atom stereocenters. The fourth-order valence-corrected chi connectivity index (χ4v) is 3.24. The molecule has 2 aromatic heterocycles. The number of aryl methyl sites for hydroxylation is 2. The Morgan fingerprint density at radius 1 is 1.33 bits per heavy atom. The van der Waals surface area contributed by atoms with Crippen molar-refractivity contribution < 1.29 is 9.53 Å². The molecule has 24 heavy (non-hydrogen) atoms. The number of hydrogen-bond acceptors (Lipinski definition) is 4. The van der Waals surface area contributed by atoms with Crippen LogP contribution in [0.15, 0.2) is 24.5 Å². The monoisotopic (exact) mass is 328 g/mol. The highest BCUT2D eigenvalue weighted by Crippen LogP contribution is 2.19. The van der Waals surface area contributed by atoms with E-state index in [-0.39, 0.29) is 11.9 Å². The Labute approximate surface area is 142 Å². The van der Waals surface area contributed by atoms with Gasteiger partial charge in [0, 0.05) is 30.4 Å². The molecule has 0 bridgehead atoms. The number of H-pyrrole nitrogens is 1. The first kappa shape index (κ1) is 16.6. The second-order valence-electron chi connectivity index (χ2n) is 6.44. The van der Waals surface area contributed by atoms with E-state index in [9.17, 15) is 4.79 Å². The zero-order valence-electron chi connectivity index (χ0n) is 14.2. The standard InChI is InChI=1S/C18H24N4O2/c1-12-16(13(2)22-21-12)3-4-18(23)20-17-11-24-10-15(17)9-14-5-7-19-8-6-14/h5-8,15,17H,3-4,9-11H2,1-2H3,(H,20,23)(H,21,22)/t15-,17+/m1/s1. The summed E-state index contributed by atoms with van der Waals surface area (Å²) in [6, 6.07) is 4.11. The number of amides is 1. The molecule has 1 aliphatic rings. The van der Waals surface area contributed by atoms with Gasteiger partial charge >= 0.3 is 0 Å². The van der Waals surface area contributed by atoms with E-state index in [1.807, 2.05) is 26.0 Å². The number of carbonyl (C=O) groups excluding carboxylic acids is 1. The molecular weight excluding hydrogens is 304 g/mol. The Hall–Kier alpha value is -2.21. The van der Waals surface area contributed by atoms with E-state index >= 15 is 0 Å². The number of rotatable bonds is 6. The van der Waals surface area contributed by atoms with Crippen LogP contribution in [-0.4, -0.2) is 40.3 Å². The van der Waals surface area contributed by atoms with Crippen LogP contribution >= 0.6 is 0 Å². The third-order valence-corrected chi connectivity index (χ3v) is 4.67. The zero-order valence-corrected chi connectivity index (χ0v) is 14.2. The van der Waals surface area contributed by atoms with Gasteiger partial charge in [-0.05, 0) is 49.9 Å². The zero-order chi connectivity index (χ0) is 16.9. The minimum Gasteiger partial charge on any atom is -0.379 e. The first-order valence-electron chi connectivity index (χ1n) is 8.40. The summed E-state index contributed by atoms with van der Waals surface area (Å²) in [4.78, 5) is 16.3. The largest absolute Gasteiger partial charge is 0.379 e. The van der Waals surface area contributed by atoms with Gasteiger partial charge in [-0.15, -0.1) is 0 Å². The average molecular weight is 328 g/mol. The summed E-state index contributed by atoms with van der Waals surface area (Å²) in [7, 11) is 0. The van der Waals surface area contributed by atoms with Crippen molar-refractivity contribution in [3.05, 3.63) is 47.0 Å². The molecule has 6 heteroatoms. The second kappa shape index (κ2) is 7.57. The summed E-state index contributed by atoms with van der Waals surface area (Å²) in [5.41, 5.74) is 4.38.